The normalized spacial score (nSPS) is 11.8. The van der Waals surface area contributed by atoms with Crippen LogP contribution in [0, 0.1) is 0 Å². The Bertz CT molecular complexity index is 350. The van der Waals surface area contributed by atoms with Gasteiger partial charge in [0.1, 0.15) is 16.7 Å². The topological polar surface area (TPSA) is 61.0 Å². The first kappa shape index (κ1) is 13.3. The summed E-state index contributed by atoms with van der Waals surface area (Å²) in [6.07, 6.45) is 0. The summed E-state index contributed by atoms with van der Waals surface area (Å²) in [5, 5.41) is 0.912. The number of nitrogens with zero attached hydrogens (tertiary/aromatic N) is 2. The minimum atomic E-state index is -0.0774. The van der Waals surface area contributed by atoms with Gasteiger partial charge in [0.15, 0.2) is 0 Å². The molecule has 1 heterocycles. The third kappa shape index (κ3) is 3.98. The number of hydrogen-bond acceptors (Lipinski definition) is 5. The fraction of sp³-hybridized carbons (Fsp3) is 0.636. The maximum Gasteiger partial charge on any atom is 0.137 e. The lowest BCUT2D eigenvalue weighted by atomic mass is 9.96. The van der Waals surface area contributed by atoms with Gasteiger partial charge in [0.05, 0.1) is 6.61 Å². The van der Waals surface area contributed by atoms with Gasteiger partial charge in [0.2, 0.25) is 0 Å². The largest absolute Gasteiger partial charge is 0.384 e. The van der Waals surface area contributed by atoms with Crippen LogP contribution in [0.5, 0.6) is 0 Å². The zero-order chi connectivity index (χ0) is 12.2. The number of nitrogen functional groups attached to an aromatic ring is 1. The van der Waals surface area contributed by atoms with Gasteiger partial charge in [-0.2, -0.15) is 0 Å². The Morgan fingerprint density at radius 1 is 1.38 bits per heavy atom. The smallest absolute Gasteiger partial charge is 0.137 e. The van der Waals surface area contributed by atoms with Crippen molar-refractivity contribution in [3.63, 3.8) is 0 Å². The molecule has 5 heteroatoms. The molecule has 0 aliphatic carbocycles. The standard InChI is InChI=1S/C11H19N3OS/c1-11(2,3)10-13-8(12)7-9(14-10)16-6-5-15-4/h7H,5-6H2,1-4H3,(H2,12,13,14). The van der Waals surface area contributed by atoms with Gasteiger partial charge in [-0.1, -0.05) is 20.8 Å². The number of nitrogens with two attached hydrogens (primary N) is 1. The third-order valence-corrected chi connectivity index (χ3v) is 2.81. The summed E-state index contributed by atoms with van der Waals surface area (Å²) >= 11 is 1.63. The minimum absolute atomic E-state index is 0.0774. The quantitative estimate of drug-likeness (QED) is 0.497. The fourth-order valence-corrected chi connectivity index (χ4v) is 1.90. The first-order valence-corrected chi connectivity index (χ1v) is 6.19. The van der Waals surface area contributed by atoms with Crippen molar-refractivity contribution in [2.45, 2.75) is 31.2 Å². The van der Waals surface area contributed by atoms with Crippen molar-refractivity contribution in [3.05, 3.63) is 11.9 Å². The zero-order valence-electron chi connectivity index (χ0n) is 10.3. The highest BCUT2D eigenvalue weighted by molar-refractivity contribution is 7.99. The average molecular weight is 241 g/mol. The van der Waals surface area contributed by atoms with E-state index in [2.05, 4.69) is 30.7 Å². The molecule has 0 aliphatic rings. The van der Waals surface area contributed by atoms with Crippen LogP contribution in [0.2, 0.25) is 0 Å². The van der Waals surface area contributed by atoms with Crippen molar-refractivity contribution in [1.29, 1.82) is 0 Å². The van der Waals surface area contributed by atoms with Crippen LogP contribution in [0.15, 0.2) is 11.1 Å². The number of aromatic nitrogens is 2. The van der Waals surface area contributed by atoms with Crippen molar-refractivity contribution >= 4 is 17.6 Å². The minimum Gasteiger partial charge on any atom is -0.384 e. The summed E-state index contributed by atoms with van der Waals surface area (Å²) < 4.78 is 5.00. The van der Waals surface area contributed by atoms with Gasteiger partial charge in [-0.25, -0.2) is 9.97 Å². The Balaban J connectivity index is 2.82. The monoisotopic (exact) mass is 241 g/mol. The third-order valence-electron chi connectivity index (χ3n) is 1.93. The van der Waals surface area contributed by atoms with E-state index in [1.165, 1.54) is 0 Å². The van der Waals surface area contributed by atoms with Crippen molar-refractivity contribution in [1.82, 2.24) is 9.97 Å². The number of hydrogen-bond donors (Lipinski definition) is 1. The molecule has 0 saturated heterocycles. The number of rotatable bonds is 4. The van der Waals surface area contributed by atoms with E-state index in [1.807, 2.05) is 0 Å². The second kappa shape index (κ2) is 5.50. The SMILES string of the molecule is COCCSc1cc(N)nc(C(C)(C)C)n1. The fourth-order valence-electron chi connectivity index (χ4n) is 1.08. The molecule has 1 rings (SSSR count). The second-order valence-electron chi connectivity index (χ2n) is 4.55. The van der Waals surface area contributed by atoms with Gasteiger partial charge in [-0.3, -0.25) is 0 Å². The molecule has 2 N–H and O–H groups in total. The lowest BCUT2D eigenvalue weighted by Gasteiger charge is -2.17. The van der Waals surface area contributed by atoms with Gasteiger partial charge in [0.25, 0.3) is 0 Å². The molecule has 0 fully saturated rings. The van der Waals surface area contributed by atoms with Crippen LogP contribution in [0.1, 0.15) is 26.6 Å². The van der Waals surface area contributed by atoms with Crippen LogP contribution in [-0.4, -0.2) is 29.4 Å². The van der Waals surface area contributed by atoms with Gasteiger partial charge < -0.3 is 10.5 Å². The van der Waals surface area contributed by atoms with Crippen LogP contribution in [-0.2, 0) is 10.2 Å². The van der Waals surface area contributed by atoms with Crippen molar-refractivity contribution in [2.24, 2.45) is 0 Å². The number of methoxy groups -OCH3 is 1. The summed E-state index contributed by atoms with van der Waals surface area (Å²) in [6, 6.07) is 1.80. The highest BCUT2D eigenvalue weighted by atomic mass is 32.2. The van der Waals surface area contributed by atoms with E-state index in [4.69, 9.17) is 10.5 Å². The molecule has 1 aromatic heterocycles. The predicted octanol–water partition coefficient (Wildman–Crippen LogP) is 2.09. The first-order valence-electron chi connectivity index (χ1n) is 5.20. The first-order chi connectivity index (χ1) is 7.43. The summed E-state index contributed by atoms with van der Waals surface area (Å²) in [4.78, 5) is 8.75. The molecule has 0 bridgehead atoms. The molecule has 0 aromatic carbocycles. The Kier molecular flexibility index (Phi) is 4.56. The predicted molar refractivity (Wildman–Crippen MR) is 67.7 cm³/mol. The van der Waals surface area contributed by atoms with E-state index in [0.29, 0.717) is 12.4 Å². The van der Waals surface area contributed by atoms with Crippen LogP contribution in [0.25, 0.3) is 0 Å². The van der Waals surface area contributed by atoms with E-state index in [1.54, 1.807) is 24.9 Å². The lowest BCUT2D eigenvalue weighted by Crippen LogP contribution is -2.17. The Hall–Kier alpha value is -0.810. The van der Waals surface area contributed by atoms with Gasteiger partial charge in [-0.15, -0.1) is 11.8 Å². The van der Waals surface area contributed by atoms with Gasteiger partial charge in [0, 0.05) is 24.3 Å². The molecule has 0 amide bonds. The molecule has 0 radical (unpaired) electrons. The molecular formula is C11H19N3OS. The highest BCUT2D eigenvalue weighted by Gasteiger charge is 2.18. The van der Waals surface area contributed by atoms with E-state index in [0.717, 1.165) is 16.6 Å². The Morgan fingerprint density at radius 3 is 2.62 bits per heavy atom. The molecule has 1 aromatic rings. The summed E-state index contributed by atoms with van der Waals surface area (Å²) in [7, 11) is 1.69. The van der Waals surface area contributed by atoms with Crippen LogP contribution in [0.3, 0.4) is 0 Å². The van der Waals surface area contributed by atoms with Crippen LogP contribution in [0.4, 0.5) is 5.82 Å². The van der Waals surface area contributed by atoms with E-state index in [-0.39, 0.29) is 5.41 Å². The highest BCUT2D eigenvalue weighted by Crippen LogP contribution is 2.23. The van der Waals surface area contributed by atoms with Crippen LogP contribution < -0.4 is 5.73 Å². The lowest BCUT2D eigenvalue weighted by molar-refractivity contribution is 0.218. The molecule has 0 atom stereocenters. The maximum absolute atomic E-state index is 5.76. The van der Waals surface area contributed by atoms with Crippen LogP contribution >= 0.6 is 11.8 Å². The molecule has 90 valence electrons. The van der Waals surface area contributed by atoms with Crippen molar-refractivity contribution in [2.75, 3.05) is 25.2 Å². The molecule has 4 nitrogen and oxygen atoms in total. The van der Waals surface area contributed by atoms with Gasteiger partial charge in [-0.05, 0) is 0 Å². The molecule has 0 aliphatic heterocycles. The van der Waals surface area contributed by atoms with Gasteiger partial charge >= 0.3 is 0 Å². The number of ether oxygens (including phenoxy) is 1. The summed E-state index contributed by atoms with van der Waals surface area (Å²) in [6.45, 7) is 6.93. The zero-order valence-corrected chi connectivity index (χ0v) is 11.1. The second-order valence-corrected chi connectivity index (χ2v) is 5.66. The average Bonchev–Trinajstić information content (AvgIpc) is 2.16. The number of thioether (sulfide) groups is 1. The van der Waals surface area contributed by atoms with Crippen molar-refractivity contribution in [3.8, 4) is 0 Å². The number of anilines is 1. The Labute approximate surface area is 101 Å². The summed E-state index contributed by atoms with van der Waals surface area (Å²) in [5.74, 6) is 2.18. The molecule has 0 saturated carbocycles. The molecular weight excluding hydrogens is 222 g/mol. The molecule has 0 spiro atoms. The van der Waals surface area contributed by atoms with E-state index < -0.39 is 0 Å². The maximum atomic E-state index is 5.76. The van der Waals surface area contributed by atoms with E-state index >= 15 is 0 Å². The van der Waals surface area contributed by atoms with Crippen molar-refractivity contribution < 1.29 is 4.74 Å². The molecule has 0 unspecified atom stereocenters. The Morgan fingerprint density at radius 2 is 2.06 bits per heavy atom. The molecule has 16 heavy (non-hydrogen) atoms. The van der Waals surface area contributed by atoms with E-state index in [9.17, 15) is 0 Å². The summed E-state index contributed by atoms with van der Waals surface area (Å²) in [5.41, 5.74) is 5.69.